The van der Waals surface area contributed by atoms with Gasteiger partial charge in [-0.25, -0.2) is 4.98 Å². The molecule has 2 bridgehead atoms. The summed E-state index contributed by atoms with van der Waals surface area (Å²) in [5.74, 6) is 0.996. The van der Waals surface area contributed by atoms with Gasteiger partial charge in [0.25, 0.3) is 0 Å². The zero-order valence-electron chi connectivity index (χ0n) is 18.6. The standard InChI is InChI=1S/C29H22N2O2S/c1-29(15-22-18-9-3-5-11-20(18)26(29)21-12-6-4-10-19(21)22)27(32)31-28-30-23(16-34-28)25-14-17-8-2-7-13-24(17)33-25/h2-14,16,22,26H,15H2,1H3,(H,30,31,32). The smallest absolute Gasteiger partial charge is 0.233 e. The van der Waals surface area contributed by atoms with Crippen molar-refractivity contribution in [3.63, 3.8) is 0 Å². The van der Waals surface area contributed by atoms with Crippen LogP contribution in [0.1, 0.15) is 47.4 Å². The third-order valence-corrected chi connectivity index (χ3v) is 8.31. The van der Waals surface area contributed by atoms with E-state index >= 15 is 0 Å². The van der Waals surface area contributed by atoms with Crippen molar-refractivity contribution >= 4 is 33.3 Å². The summed E-state index contributed by atoms with van der Waals surface area (Å²) >= 11 is 1.43. The van der Waals surface area contributed by atoms with Gasteiger partial charge in [0.15, 0.2) is 10.9 Å². The number of hydrogen-bond acceptors (Lipinski definition) is 4. The van der Waals surface area contributed by atoms with E-state index < -0.39 is 5.41 Å². The van der Waals surface area contributed by atoms with Gasteiger partial charge >= 0.3 is 0 Å². The molecule has 3 aromatic carbocycles. The van der Waals surface area contributed by atoms with Crippen LogP contribution in [0.3, 0.4) is 0 Å². The van der Waals surface area contributed by atoms with E-state index in [9.17, 15) is 4.79 Å². The van der Waals surface area contributed by atoms with E-state index in [1.54, 1.807) is 0 Å². The van der Waals surface area contributed by atoms with Gasteiger partial charge < -0.3 is 9.73 Å². The number of rotatable bonds is 3. The summed E-state index contributed by atoms with van der Waals surface area (Å²) < 4.78 is 5.96. The fraction of sp³-hybridized carbons (Fsp3) is 0.172. The molecule has 5 aromatic rings. The third-order valence-electron chi connectivity index (χ3n) is 7.55. The summed E-state index contributed by atoms with van der Waals surface area (Å²) in [5, 5.41) is 6.73. The fourth-order valence-electron chi connectivity index (χ4n) is 5.98. The van der Waals surface area contributed by atoms with Crippen molar-refractivity contribution in [3.8, 4) is 11.5 Å². The van der Waals surface area contributed by atoms with E-state index in [1.807, 2.05) is 35.7 Å². The lowest BCUT2D eigenvalue weighted by atomic mass is 9.52. The summed E-state index contributed by atoms with van der Waals surface area (Å²) in [6.07, 6.45) is 0.791. The molecule has 8 rings (SSSR count). The zero-order chi connectivity index (χ0) is 22.9. The molecule has 0 saturated heterocycles. The first kappa shape index (κ1) is 19.7. The van der Waals surface area contributed by atoms with Gasteiger partial charge in [0.1, 0.15) is 11.3 Å². The van der Waals surface area contributed by atoms with E-state index in [-0.39, 0.29) is 17.7 Å². The number of furan rings is 1. The molecular formula is C29H22N2O2S. The number of thiazole rings is 1. The van der Waals surface area contributed by atoms with Crippen LogP contribution in [-0.2, 0) is 4.79 Å². The molecule has 1 amide bonds. The summed E-state index contributed by atoms with van der Waals surface area (Å²) in [5.41, 5.74) is 6.28. The fourth-order valence-corrected chi connectivity index (χ4v) is 6.68. The molecule has 34 heavy (non-hydrogen) atoms. The average molecular weight is 463 g/mol. The Morgan fingerprint density at radius 3 is 2.32 bits per heavy atom. The minimum atomic E-state index is -0.557. The van der Waals surface area contributed by atoms with Crippen molar-refractivity contribution in [1.29, 1.82) is 0 Å². The number of nitrogens with one attached hydrogen (secondary N) is 1. The van der Waals surface area contributed by atoms with Crippen LogP contribution in [0.5, 0.6) is 0 Å². The van der Waals surface area contributed by atoms with E-state index in [4.69, 9.17) is 4.42 Å². The van der Waals surface area contributed by atoms with Gasteiger partial charge in [-0.15, -0.1) is 11.3 Å². The Kier molecular flexibility index (Phi) is 4.15. The lowest BCUT2D eigenvalue weighted by molar-refractivity contribution is -0.126. The SMILES string of the molecule is CC1(C(=O)Nc2nc(-c3cc4ccccc4o3)cs2)CC2c3ccccc3C1c1ccccc12. The van der Waals surface area contributed by atoms with Gasteiger partial charge in [0.2, 0.25) is 5.91 Å². The number of aromatic nitrogens is 1. The molecule has 0 spiro atoms. The van der Waals surface area contributed by atoms with Crippen molar-refractivity contribution in [2.24, 2.45) is 5.41 Å². The van der Waals surface area contributed by atoms with Crippen LogP contribution in [0, 0.1) is 5.41 Å². The molecule has 3 aliphatic carbocycles. The number of carbonyl (C=O) groups is 1. The number of carbonyl (C=O) groups excluding carboxylic acids is 1. The molecule has 4 nitrogen and oxygen atoms in total. The Morgan fingerprint density at radius 2 is 1.62 bits per heavy atom. The Morgan fingerprint density at radius 1 is 0.971 bits per heavy atom. The number of fused-ring (bicyclic) bond motifs is 2. The van der Waals surface area contributed by atoms with Crippen LogP contribution >= 0.6 is 11.3 Å². The lowest BCUT2D eigenvalue weighted by Crippen LogP contribution is -2.47. The summed E-state index contributed by atoms with van der Waals surface area (Å²) in [4.78, 5) is 18.5. The first-order chi connectivity index (χ1) is 16.6. The quantitative estimate of drug-likeness (QED) is 0.309. The van der Waals surface area contributed by atoms with Crippen LogP contribution in [0.15, 0.2) is 88.7 Å². The molecule has 2 heterocycles. The molecule has 166 valence electrons. The number of para-hydroxylation sites is 1. The molecule has 0 saturated carbocycles. The van der Waals surface area contributed by atoms with E-state index in [0.29, 0.717) is 10.9 Å². The molecule has 0 radical (unpaired) electrons. The summed E-state index contributed by atoms with van der Waals surface area (Å²) in [7, 11) is 0. The highest BCUT2D eigenvalue weighted by molar-refractivity contribution is 7.14. The molecule has 0 fully saturated rings. The Labute approximate surface area is 201 Å². The first-order valence-corrected chi connectivity index (χ1v) is 12.4. The van der Waals surface area contributed by atoms with Crippen LogP contribution in [0.4, 0.5) is 5.13 Å². The van der Waals surface area contributed by atoms with E-state index in [0.717, 1.165) is 23.1 Å². The van der Waals surface area contributed by atoms with Crippen molar-refractivity contribution in [1.82, 2.24) is 4.98 Å². The van der Waals surface area contributed by atoms with Crippen molar-refractivity contribution < 1.29 is 9.21 Å². The highest BCUT2D eigenvalue weighted by atomic mass is 32.1. The van der Waals surface area contributed by atoms with Gasteiger partial charge in [0, 0.05) is 22.6 Å². The monoisotopic (exact) mass is 462 g/mol. The van der Waals surface area contributed by atoms with Crippen LogP contribution in [0.25, 0.3) is 22.4 Å². The highest BCUT2D eigenvalue weighted by Gasteiger charge is 2.53. The minimum absolute atomic E-state index is 0.0250. The number of anilines is 1. The molecule has 1 N–H and O–H groups in total. The summed E-state index contributed by atoms with van der Waals surface area (Å²) in [6.45, 7) is 2.11. The largest absolute Gasteiger partial charge is 0.454 e. The topological polar surface area (TPSA) is 55.1 Å². The molecule has 1 unspecified atom stereocenters. The lowest BCUT2D eigenvalue weighted by Gasteiger charge is -2.50. The highest BCUT2D eigenvalue weighted by Crippen LogP contribution is 2.61. The summed E-state index contributed by atoms with van der Waals surface area (Å²) in [6, 6.07) is 27.1. The Hall–Kier alpha value is -3.70. The molecule has 0 aliphatic heterocycles. The second-order valence-corrected chi connectivity index (χ2v) is 10.4. The predicted octanol–water partition coefficient (Wildman–Crippen LogP) is 7.18. The van der Waals surface area contributed by atoms with E-state index in [1.165, 1.54) is 33.6 Å². The number of hydrogen-bond donors (Lipinski definition) is 1. The third kappa shape index (κ3) is 2.77. The zero-order valence-corrected chi connectivity index (χ0v) is 19.4. The normalized spacial score (nSPS) is 22.4. The molecule has 5 heteroatoms. The molecular weight excluding hydrogens is 440 g/mol. The van der Waals surface area contributed by atoms with Gasteiger partial charge in [0.05, 0.1) is 5.41 Å². The first-order valence-electron chi connectivity index (χ1n) is 11.6. The maximum atomic E-state index is 13.8. The number of benzene rings is 3. The Bertz CT molecular complexity index is 1500. The molecule has 1 atom stereocenters. The maximum Gasteiger partial charge on any atom is 0.233 e. The maximum absolute atomic E-state index is 13.8. The second kappa shape index (κ2) is 7.15. The van der Waals surface area contributed by atoms with Gasteiger partial charge in [-0.05, 0) is 47.7 Å². The van der Waals surface area contributed by atoms with Gasteiger partial charge in [-0.3, -0.25) is 4.79 Å². The van der Waals surface area contributed by atoms with Gasteiger partial charge in [-0.1, -0.05) is 66.7 Å². The van der Waals surface area contributed by atoms with Crippen LogP contribution in [0.2, 0.25) is 0 Å². The number of nitrogens with zero attached hydrogens (tertiary/aromatic N) is 1. The van der Waals surface area contributed by atoms with Crippen molar-refractivity contribution in [2.45, 2.75) is 25.2 Å². The Balaban J connectivity index is 1.22. The minimum Gasteiger partial charge on any atom is -0.454 e. The van der Waals surface area contributed by atoms with Crippen LogP contribution < -0.4 is 5.32 Å². The number of amides is 1. The van der Waals surface area contributed by atoms with Crippen molar-refractivity contribution in [2.75, 3.05) is 5.32 Å². The molecule has 2 aromatic heterocycles. The average Bonchev–Trinajstić information content (AvgIpc) is 3.51. The predicted molar refractivity (Wildman–Crippen MR) is 135 cm³/mol. The second-order valence-electron chi connectivity index (χ2n) is 9.51. The van der Waals surface area contributed by atoms with Gasteiger partial charge in [-0.2, -0.15) is 0 Å². The molecule has 3 aliphatic rings. The van der Waals surface area contributed by atoms with Crippen LogP contribution in [-0.4, -0.2) is 10.9 Å². The van der Waals surface area contributed by atoms with Crippen molar-refractivity contribution in [3.05, 3.63) is 106 Å². The van der Waals surface area contributed by atoms with E-state index in [2.05, 4.69) is 65.8 Å².